The molecule has 34 heavy (non-hydrogen) atoms. The molecule has 0 atom stereocenters. The van der Waals surface area contributed by atoms with E-state index in [1.54, 1.807) is 31.2 Å². The molecule has 0 fully saturated rings. The first-order valence-corrected chi connectivity index (χ1v) is 12.9. The Balaban J connectivity index is 1.58. The Hall–Kier alpha value is -3.25. The highest BCUT2D eigenvalue weighted by atomic mass is 32.2. The van der Waals surface area contributed by atoms with Crippen LogP contribution in [0, 0.1) is 0 Å². The molecule has 0 bridgehead atoms. The number of amides is 1. The van der Waals surface area contributed by atoms with E-state index in [1.165, 1.54) is 25.3 Å². The molecular formula is C22H25N3O7S2. The molecule has 2 aromatic carbocycles. The van der Waals surface area contributed by atoms with Gasteiger partial charge in [-0.05, 0) is 43.7 Å². The van der Waals surface area contributed by atoms with E-state index in [2.05, 4.69) is 15.0 Å². The largest absolute Gasteiger partial charge is 0.495 e. The number of nitrogens with zero attached hydrogens (tertiary/aromatic N) is 1. The summed E-state index contributed by atoms with van der Waals surface area (Å²) in [6.07, 6.45) is 0.724. The van der Waals surface area contributed by atoms with E-state index >= 15 is 0 Å². The molecule has 3 aromatic rings. The van der Waals surface area contributed by atoms with Crippen molar-refractivity contribution in [1.29, 1.82) is 0 Å². The molecule has 0 unspecified atom stereocenters. The molecule has 2 N–H and O–H groups in total. The van der Waals surface area contributed by atoms with E-state index in [4.69, 9.17) is 13.9 Å². The van der Waals surface area contributed by atoms with E-state index in [-0.39, 0.29) is 34.2 Å². The van der Waals surface area contributed by atoms with Crippen molar-refractivity contribution >= 4 is 50.4 Å². The lowest BCUT2D eigenvalue weighted by Gasteiger charge is -2.11. The number of methoxy groups -OCH3 is 1. The quantitative estimate of drug-likeness (QED) is 0.215. The second-order valence-corrected chi connectivity index (χ2v) is 9.57. The highest BCUT2D eigenvalue weighted by Crippen LogP contribution is 2.29. The molecule has 0 aliphatic heterocycles. The zero-order chi connectivity index (χ0) is 24.6. The molecular weight excluding hydrogens is 482 g/mol. The molecule has 182 valence electrons. The highest BCUT2D eigenvalue weighted by Gasteiger charge is 2.19. The van der Waals surface area contributed by atoms with E-state index in [0.717, 1.165) is 11.8 Å². The number of hydrogen-bond donors (Lipinski definition) is 2. The lowest BCUT2D eigenvalue weighted by atomic mass is 10.3. The lowest BCUT2D eigenvalue weighted by molar-refractivity contribution is -0.143. The maximum Gasteiger partial charge on any atom is 0.305 e. The zero-order valence-electron chi connectivity index (χ0n) is 18.7. The van der Waals surface area contributed by atoms with Crippen LogP contribution < -0.4 is 14.8 Å². The molecule has 0 saturated heterocycles. The Kier molecular flexibility index (Phi) is 8.77. The van der Waals surface area contributed by atoms with E-state index in [9.17, 15) is 18.0 Å². The zero-order valence-corrected chi connectivity index (χ0v) is 20.3. The number of nitrogens with one attached hydrogen (secondary N) is 2. The summed E-state index contributed by atoms with van der Waals surface area (Å²) < 4.78 is 43.8. The molecule has 12 heteroatoms. The fraction of sp³-hybridized carbons (Fsp3) is 0.318. The topological polar surface area (TPSA) is 137 Å². The number of carbonyl (C=O) groups excluding carboxylic acids is 2. The monoisotopic (exact) mass is 507 g/mol. The normalized spacial score (nSPS) is 11.2. The summed E-state index contributed by atoms with van der Waals surface area (Å²) in [5.41, 5.74) is 1.06. The average Bonchev–Trinajstić information content (AvgIpc) is 3.23. The molecule has 1 heterocycles. The third kappa shape index (κ3) is 6.87. The average molecular weight is 508 g/mol. The van der Waals surface area contributed by atoms with Crippen molar-refractivity contribution in [1.82, 2.24) is 10.3 Å². The van der Waals surface area contributed by atoms with Crippen LogP contribution in [-0.2, 0) is 24.3 Å². The van der Waals surface area contributed by atoms with Crippen molar-refractivity contribution in [2.45, 2.75) is 29.9 Å². The third-order valence-corrected chi connectivity index (χ3v) is 6.70. The van der Waals surface area contributed by atoms with E-state index in [1.807, 2.05) is 0 Å². The number of benzene rings is 2. The number of carbonyl (C=O) groups is 2. The molecule has 1 amide bonds. The van der Waals surface area contributed by atoms with Gasteiger partial charge in [-0.1, -0.05) is 23.9 Å². The molecule has 0 aliphatic rings. The summed E-state index contributed by atoms with van der Waals surface area (Å²) in [6.45, 7) is 2.42. The van der Waals surface area contributed by atoms with Crippen LogP contribution in [0.25, 0.3) is 11.1 Å². The number of aromatic nitrogens is 1. The van der Waals surface area contributed by atoms with Gasteiger partial charge in [0.25, 0.3) is 15.2 Å². The Morgan fingerprint density at radius 2 is 1.97 bits per heavy atom. The second kappa shape index (κ2) is 11.7. The molecule has 0 saturated carbocycles. The van der Waals surface area contributed by atoms with Crippen LogP contribution in [0.1, 0.15) is 19.8 Å². The minimum atomic E-state index is -3.89. The maximum absolute atomic E-state index is 12.8. The highest BCUT2D eigenvalue weighted by molar-refractivity contribution is 7.99. The van der Waals surface area contributed by atoms with Gasteiger partial charge in [0.1, 0.15) is 11.3 Å². The van der Waals surface area contributed by atoms with Gasteiger partial charge >= 0.3 is 5.97 Å². The summed E-state index contributed by atoms with van der Waals surface area (Å²) in [6, 6.07) is 11.0. The molecule has 0 radical (unpaired) electrons. The number of oxazole rings is 1. The van der Waals surface area contributed by atoms with Gasteiger partial charge in [-0.3, -0.25) is 14.3 Å². The summed E-state index contributed by atoms with van der Waals surface area (Å²) in [7, 11) is -2.44. The van der Waals surface area contributed by atoms with Crippen LogP contribution >= 0.6 is 11.8 Å². The molecule has 10 nitrogen and oxygen atoms in total. The smallest absolute Gasteiger partial charge is 0.305 e. The van der Waals surface area contributed by atoms with Crippen molar-refractivity contribution in [2.75, 3.05) is 30.7 Å². The predicted octanol–water partition coefficient (Wildman–Crippen LogP) is 3.19. The van der Waals surface area contributed by atoms with E-state index in [0.29, 0.717) is 42.1 Å². The number of ether oxygens (including phenoxy) is 2. The number of esters is 1. The number of anilines is 1. The first-order chi connectivity index (χ1) is 16.3. The molecule has 3 rings (SSSR count). The van der Waals surface area contributed by atoms with Gasteiger partial charge < -0.3 is 19.2 Å². The summed E-state index contributed by atoms with van der Waals surface area (Å²) >= 11 is 1.08. The van der Waals surface area contributed by atoms with Gasteiger partial charge in [-0.25, -0.2) is 13.4 Å². The minimum Gasteiger partial charge on any atom is -0.495 e. The summed E-state index contributed by atoms with van der Waals surface area (Å²) in [4.78, 5) is 27.6. The van der Waals surface area contributed by atoms with Gasteiger partial charge in [-0.15, -0.1) is 0 Å². The summed E-state index contributed by atoms with van der Waals surface area (Å²) in [5.74, 6) is -0.0730. The first-order valence-electron chi connectivity index (χ1n) is 10.4. The van der Waals surface area contributed by atoms with Crippen LogP contribution in [0.5, 0.6) is 5.75 Å². The van der Waals surface area contributed by atoms with Gasteiger partial charge in [0.05, 0.1) is 30.1 Å². The second-order valence-electron chi connectivity index (χ2n) is 6.96. The number of thioether (sulfide) groups is 1. The van der Waals surface area contributed by atoms with Crippen molar-refractivity contribution in [2.24, 2.45) is 0 Å². The van der Waals surface area contributed by atoms with Crippen LogP contribution in [-0.4, -0.2) is 51.3 Å². The number of fused-ring (bicyclic) bond motifs is 1. The Bertz CT molecular complexity index is 1260. The Morgan fingerprint density at radius 3 is 2.74 bits per heavy atom. The number of sulfonamides is 1. The van der Waals surface area contributed by atoms with Crippen molar-refractivity contribution in [3.8, 4) is 5.75 Å². The fourth-order valence-corrected chi connectivity index (χ4v) is 4.68. The fourth-order valence-electron chi connectivity index (χ4n) is 2.92. The van der Waals surface area contributed by atoms with Crippen LogP contribution in [0.2, 0.25) is 0 Å². The van der Waals surface area contributed by atoms with E-state index < -0.39 is 10.0 Å². The molecule has 1 aromatic heterocycles. The van der Waals surface area contributed by atoms with Gasteiger partial charge in [0.15, 0.2) is 5.58 Å². The maximum atomic E-state index is 12.8. The van der Waals surface area contributed by atoms with Crippen LogP contribution in [0.3, 0.4) is 0 Å². The van der Waals surface area contributed by atoms with Crippen molar-refractivity contribution in [3.05, 3.63) is 42.5 Å². The SMILES string of the molecule is CCOC(=O)CCCNC(=O)CSc1nc2cc(S(=O)(=O)Nc3ccccc3OC)ccc2o1. The molecule has 0 aliphatic carbocycles. The number of rotatable bonds is 12. The van der Waals surface area contributed by atoms with Crippen LogP contribution in [0.4, 0.5) is 5.69 Å². The van der Waals surface area contributed by atoms with Crippen molar-refractivity contribution < 1.29 is 31.9 Å². The van der Waals surface area contributed by atoms with Gasteiger partial charge in [-0.2, -0.15) is 0 Å². The lowest BCUT2D eigenvalue weighted by Crippen LogP contribution is -2.26. The molecule has 0 spiro atoms. The number of para-hydroxylation sites is 2. The van der Waals surface area contributed by atoms with Crippen LogP contribution in [0.15, 0.2) is 57.0 Å². The first kappa shape index (κ1) is 25.4. The van der Waals surface area contributed by atoms with Gasteiger partial charge in [0.2, 0.25) is 5.91 Å². The van der Waals surface area contributed by atoms with Crippen molar-refractivity contribution in [3.63, 3.8) is 0 Å². The summed E-state index contributed by atoms with van der Waals surface area (Å²) in [5, 5.41) is 2.95. The third-order valence-electron chi connectivity index (χ3n) is 4.51. The Labute approximate surface area is 201 Å². The van der Waals surface area contributed by atoms with Gasteiger partial charge in [0, 0.05) is 13.0 Å². The Morgan fingerprint density at radius 1 is 1.18 bits per heavy atom. The standard InChI is InChI=1S/C22H25N3O7S2/c1-3-31-21(27)9-6-12-23-20(26)14-33-22-24-17-13-15(10-11-19(17)32-22)34(28,29)25-16-7-4-5-8-18(16)30-2/h4-5,7-8,10-11,13,25H,3,6,9,12,14H2,1-2H3,(H,23,26). The predicted molar refractivity (Wildman–Crippen MR) is 127 cm³/mol. The minimum absolute atomic E-state index is 0.00935. The number of hydrogen-bond acceptors (Lipinski definition) is 9.